The van der Waals surface area contributed by atoms with E-state index in [1.165, 1.54) is 29.0 Å². The number of amides is 3. The van der Waals surface area contributed by atoms with Crippen molar-refractivity contribution in [1.29, 1.82) is 0 Å². The lowest BCUT2D eigenvalue weighted by atomic mass is 9.88. The monoisotopic (exact) mass is 977 g/mol. The first kappa shape index (κ1) is 55.5. The molecule has 3 amide bonds. The maximum Gasteiger partial charge on any atom is 0.329 e. The number of ether oxygens (including phenoxy) is 4. The molecule has 0 saturated heterocycles. The van der Waals surface area contributed by atoms with Crippen molar-refractivity contribution in [3.05, 3.63) is 119 Å². The molecule has 1 aliphatic heterocycles. The molecule has 71 heavy (non-hydrogen) atoms. The van der Waals surface area contributed by atoms with Crippen molar-refractivity contribution in [2.45, 2.75) is 130 Å². The van der Waals surface area contributed by atoms with Crippen LogP contribution in [0.25, 0.3) is 0 Å². The summed E-state index contributed by atoms with van der Waals surface area (Å²) in [6, 6.07) is 23.4. The quantitative estimate of drug-likeness (QED) is 0.0617. The van der Waals surface area contributed by atoms with Crippen LogP contribution in [0.15, 0.2) is 91.0 Å². The fraction of sp³-hybridized carbons (Fsp3) is 0.491. The molecule has 0 bridgehead atoms. The van der Waals surface area contributed by atoms with E-state index in [0.29, 0.717) is 47.9 Å². The number of methoxy groups -OCH3 is 2. The zero-order valence-electron chi connectivity index (χ0n) is 43.6. The number of hydrogen-bond donors (Lipinski definition) is 2. The van der Waals surface area contributed by atoms with Crippen LogP contribution in [-0.4, -0.2) is 110 Å². The molecule has 2 N–H and O–H groups in total. The highest BCUT2D eigenvalue weighted by Gasteiger charge is 2.45. The second-order valence-corrected chi connectivity index (χ2v) is 19.4. The summed E-state index contributed by atoms with van der Waals surface area (Å²) in [6.07, 6.45) is 3.41. The number of carbonyl (C=O) groups excluding carboxylic acids is 5. The van der Waals surface area contributed by atoms with Crippen LogP contribution < -0.4 is 19.7 Å². The molecule has 5 rings (SSSR count). The number of benzene rings is 4. The lowest BCUT2D eigenvalue weighted by Gasteiger charge is -2.42. The van der Waals surface area contributed by atoms with Crippen molar-refractivity contribution in [3.63, 3.8) is 0 Å². The van der Waals surface area contributed by atoms with Gasteiger partial charge in [0.25, 0.3) is 11.8 Å². The number of phenols is 1. The Kier molecular flexibility index (Phi) is 20.5. The lowest BCUT2D eigenvalue weighted by Crippen LogP contribution is -2.62. The Bertz CT molecular complexity index is 2390. The van der Waals surface area contributed by atoms with Crippen molar-refractivity contribution in [2.75, 3.05) is 40.3 Å². The van der Waals surface area contributed by atoms with Crippen LogP contribution in [0, 0.1) is 17.8 Å². The van der Waals surface area contributed by atoms with Gasteiger partial charge < -0.3 is 34.3 Å². The molecule has 14 nitrogen and oxygen atoms in total. The number of aryl methyl sites for hydroxylation is 1. The highest BCUT2D eigenvalue weighted by molar-refractivity contribution is 6.07. The first-order valence-corrected chi connectivity index (χ1v) is 25.0. The Labute approximate surface area is 421 Å². The summed E-state index contributed by atoms with van der Waals surface area (Å²) in [5.41, 5.74) is 4.65. The molecule has 0 saturated carbocycles. The molecule has 0 aromatic heterocycles. The molecule has 14 heteroatoms. The van der Waals surface area contributed by atoms with Crippen LogP contribution in [0.2, 0.25) is 0 Å². The summed E-state index contributed by atoms with van der Waals surface area (Å²) in [6.45, 7) is 12.0. The normalized spacial score (nSPS) is 15.6. The van der Waals surface area contributed by atoms with E-state index >= 15 is 4.79 Å². The predicted octanol–water partition coefficient (Wildman–Crippen LogP) is 8.12. The van der Waals surface area contributed by atoms with E-state index in [4.69, 9.17) is 18.9 Å². The van der Waals surface area contributed by atoms with Gasteiger partial charge in [-0.05, 0) is 110 Å². The maximum absolute atomic E-state index is 15.4. The van der Waals surface area contributed by atoms with Crippen LogP contribution in [0.3, 0.4) is 0 Å². The summed E-state index contributed by atoms with van der Waals surface area (Å²) in [5.74, 6) is -1.97. The van der Waals surface area contributed by atoms with Gasteiger partial charge in [-0.1, -0.05) is 109 Å². The number of aromatic hydroxyl groups is 1. The van der Waals surface area contributed by atoms with Crippen LogP contribution in [0.4, 0.5) is 5.69 Å². The summed E-state index contributed by atoms with van der Waals surface area (Å²) in [4.78, 5) is 77.2. The number of anilines is 1. The number of esters is 2. The van der Waals surface area contributed by atoms with E-state index in [-0.39, 0.29) is 25.2 Å². The number of rotatable bonds is 25. The number of hydrogen-bond acceptors (Lipinski definition) is 11. The van der Waals surface area contributed by atoms with E-state index in [2.05, 4.69) is 19.2 Å². The highest BCUT2D eigenvalue weighted by atomic mass is 16.6. The summed E-state index contributed by atoms with van der Waals surface area (Å²) >= 11 is 0. The topological polar surface area (TPSA) is 164 Å². The number of nitrogens with zero attached hydrogens (tertiary/aromatic N) is 3. The zero-order chi connectivity index (χ0) is 51.9. The predicted molar refractivity (Wildman–Crippen MR) is 275 cm³/mol. The Morgan fingerprint density at radius 1 is 0.803 bits per heavy atom. The van der Waals surface area contributed by atoms with Gasteiger partial charge in [0.1, 0.15) is 48.0 Å². The molecular weight excluding hydrogens is 901 g/mol. The van der Waals surface area contributed by atoms with Crippen molar-refractivity contribution < 1.29 is 48.0 Å². The van der Waals surface area contributed by atoms with Gasteiger partial charge in [-0.3, -0.25) is 29.0 Å². The zero-order valence-corrected chi connectivity index (χ0v) is 43.6. The van der Waals surface area contributed by atoms with Crippen molar-refractivity contribution in [1.82, 2.24) is 15.1 Å². The second-order valence-electron chi connectivity index (χ2n) is 19.4. The Balaban J connectivity index is 1.52. The number of nitrogens with one attached hydrogen (secondary N) is 1. The van der Waals surface area contributed by atoms with E-state index < -0.39 is 71.8 Å². The van der Waals surface area contributed by atoms with Crippen molar-refractivity contribution >= 4 is 35.3 Å². The Hall–Kier alpha value is -6.41. The number of likely N-dealkylation sites (N-methyl/N-ethyl adjacent to an activating group) is 2. The third kappa shape index (κ3) is 14.4. The van der Waals surface area contributed by atoms with Crippen LogP contribution in [0.5, 0.6) is 17.2 Å². The summed E-state index contributed by atoms with van der Waals surface area (Å²) in [5, 5.41) is 13.0. The van der Waals surface area contributed by atoms with Gasteiger partial charge in [0.15, 0.2) is 6.10 Å². The average molecular weight is 977 g/mol. The van der Waals surface area contributed by atoms with E-state index in [1.54, 1.807) is 59.1 Å². The molecule has 0 unspecified atom stereocenters. The molecule has 0 aliphatic carbocycles. The smallest absolute Gasteiger partial charge is 0.329 e. The number of fused-ring (bicyclic) bond motifs is 1. The third-order valence-electron chi connectivity index (χ3n) is 14.0. The van der Waals surface area contributed by atoms with E-state index in [0.717, 1.165) is 41.5 Å². The number of phenolic OH excluding ortho intramolecular Hbond substituents is 1. The minimum absolute atomic E-state index is 0.0360. The fourth-order valence-electron chi connectivity index (χ4n) is 9.07. The lowest BCUT2D eigenvalue weighted by molar-refractivity contribution is -0.164. The van der Waals surface area contributed by atoms with Gasteiger partial charge in [0.2, 0.25) is 5.91 Å². The highest BCUT2D eigenvalue weighted by Crippen LogP contribution is 2.39. The molecule has 4 aromatic carbocycles. The molecule has 384 valence electrons. The second kappa shape index (κ2) is 26.2. The van der Waals surface area contributed by atoms with Crippen molar-refractivity contribution in [2.24, 2.45) is 17.8 Å². The maximum atomic E-state index is 15.4. The Morgan fingerprint density at radius 3 is 2.01 bits per heavy atom. The molecular formula is C57H76N4O10. The molecule has 0 spiro atoms. The van der Waals surface area contributed by atoms with Gasteiger partial charge in [-0.2, -0.15) is 0 Å². The van der Waals surface area contributed by atoms with Gasteiger partial charge in [-0.15, -0.1) is 0 Å². The number of carbonyl (C=O) groups is 5. The van der Waals surface area contributed by atoms with E-state index in [9.17, 15) is 24.3 Å². The fourth-order valence-corrected chi connectivity index (χ4v) is 9.07. The van der Waals surface area contributed by atoms with E-state index in [1.807, 2.05) is 80.6 Å². The van der Waals surface area contributed by atoms with Gasteiger partial charge in [0.05, 0.1) is 19.9 Å². The van der Waals surface area contributed by atoms with Crippen molar-refractivity contribution in [3.8, 4) is 17.2 Å². The third-order valence-corrected chi connectivity index (χ3v) is 14.0. The van der Waals surface area contributed by atoms with Gasteiger partial charge in [-0.25, -0.2) is 4.79 Å². The molecule has 4 aromatic rings. The summed E-state index contributed by atoms with van der Waals surface area (Å²) < 4.78 is 23.3. The average Bonchev–Trinajstić information content (AvgIpc) is 3.37. The molecule has 6 atom stereocenters. The molecule has 0 fully saturated rings. The molecule has 0 radical (unpaired) electrons. The largest absolute Gasteiger partial charge is 0.508 e. The van der Waals surface area contributed by atoms with Crippen LogP contribution >= 0.6 is 0 Å². The van der Waals surface area contributed by atoms with Crippen LogP contribution in [0.1, 0.15) is 95.0 Å². The molecule has 1 aliphatic rings. The first-order chi connectivity index (χ1) is 33.9. The summed E-state index contributed by atoms with van der Waals surface area (Å²) in [7, 11) is 7.95. The van der Waals surface area contributed by atoms with Gasteiger partial charge >= 0.3 is 11.9 Å². The first-order valence-electron chi connectivity index (χ1n) is 25.0. The van der Waals surface area contributed by atoms with Crippen LogP contribution in [-0.2, 0) is 65.7 Å². The Morgan fingerprint density at radius 2 is 1.44 bits per heavy atom. The minimum Gasteiger partial charge on any atom is -0.508 e. The standard InChI is InChI=1S/C57H76N4O10/c1-12-37(6)52(71-57(67)48(59(7)8)30-40-23-28-45(68-10)29-24-40)53(63)58-51(36(4)5)55(65)60(9)47-33-43-32-42(25-20-38(13-2)14-3)50(70-35-41-18-16-15-17-19-41)34-46(43)61(54(47)64)49(56(66)69-11)31-39-21-26-44(62)27-22-39/h15-19,21-24,26-29,32,34,36-38,47-49,51-52,62H,12-14,20,25,30-31,33,35H2,1-11H3,(H,58,63)/t37-,47-,48-,49-,51-,52+/m0/s1. The SMILES string of the molecule is CCC(CC)CCc1cc2c(cc1OCc1ccccc1)N([C@@H](Cc1ccc(O)cc1)C(=O)OC)C(=O)[C@@H](N(C)C(=O)[C@@H](NC(=O)[C@H](OC(=O)[C@H](Cc1ccc(OC)cc1)N(C)C)[C@@H](C)CC)C(C)C)C2. The molecule has 1 heterocycles. The minimum atomic E-state index is -1.22. The van der Waals surface area contributed by atoms with Gasteiger partial charge in [0, 0.05) is 31.9 Å².